The number of aromatic nitrogens is 4. The van der Waals surface area contributed by atoms with Gasteiger partial charge in [-0.1, -0.05) is 29.4 Å². The second-order valence-electron chi connectivity index (χ2n) is 5.76. The molecule has 0 atom stereocenters. The Morgan fingerprint density at radius 3 is 2.58 bits per heavy atom. The summed E-state index contributed by atoms with van der Waals surface area (Å²) in [6, 6.07) is 13.5. The van der Waals surface area contributed by atoms with Gasteiger partial charge in [-0.2, -0.15) is 4.98 Å². The van der Waals surface area contributed by atoms with E-state index in [0.29, 0.717) is 24.8 Å². The van der Waals surface area contributed by atoms with Gasteiger partial charge >= 0.3 is 0 Å². The van der Waals surface area contributed by atoms with Gasteiger partial charge in [-0.15, -0.1) is 0 Å². The summed E-state index contributed by atoms with van der Waals surface area (Å²) in [5, 5.41) is 7.24. The van der Waals surface area contributed by atoms with Crippen molar-refractivity contribution < 1.29 is 8.94 Å². The van der Waals surface area contributed by atoms with Crippen LogP contribution in [0.3, 0.4) is 0 Å². The summed E-state index contributed by atoms with van der Waals surface area (Å²) in [6.45, 7) is 2.96. The fraction of sp³-hybridized carbons (Fsp3) is 0.158. The third-order valence-electron chi connectivity index (χ3n) is 3.84. The Balaban J connectivity index is 1.42. The van der Waals surface area contributed by atoms with Gasteiger partial charge in [0.2, 0.25) is 11.7 Å². The van der Waals surface area contributed by atoms with Gasteiger partial charge in [0.15, 0.2) is 0 Å². The topological polar surface area (TPSA) is 89.9 Å². The maximum atomic E-state index is 5.29. The van der Waals surface area contributed by atoms with Crippen LogP contribution in [-0.2, 0) is 13.1 Å². The van der Waals surface area contributed by atoms with Crippen molar-refractivity contribution in [3.63, 3.8) is 0 Å². The summed E-state index contributed by atoms with van der Waals surface area (Å²) in [4.78, 5) is 13.0. The minimum absolute atomic E-state index is 0.478. The third kappa shape index (κ3) is 3.68. The van der Waals surface area contributed by atoms with Crippen LogP contribution in [0.4, 0.5) is 0 Å². The van der Waals surface area contributed by atoms with Crippen LogP contribution in [0, 0.1) is 6.92 Å². The lowest BCUT2D eigenvalue weighted by Gasteiger charge is -2.02. The van der Waals surface area contributed by atoms with Crippen molar-refractivity contribution >= 4 is 0 Å². The normalized spacial score (nSPS) is 11.0. The molecule has 0 saturated heterocycles. The molecule has 0 unspecified atom stereocenters. The zero-order valence-corrected chi connectivity index (χ0v) is 14.2. The quantitative estimate of drug-likeness (QED) is 0.572. The summed E-state index contributed by atoms with van der Waals surface area (Å²) in [5.41, 5.74) is 2.80. The van der Waals surface area contributed by atoms with Crippen molar-refractivity contribution in [2.75, 3.05) is 0 Å². The second kappa shape index (κ2) is 7.28. The highest BCUT2D eigenvalue weighted by molar-refractivity contribution is 5.64. The van der Waals surface area contributed by atoms with Crippen molar-refractivity contribution in [1.29, 1.82) is 0 Å². The highest BCUT2D eigenvalue weighted by atomic mass is 16.5. The average molecular weight is 347 g/mol. The molecule has 0 radical (unpaired) electrons. The maximum Gasteiger partial charge on any atom is 0.240 e. The first-order valence-electron chi connectivity index (χ1n) is 8.24. The zero-order valence-electron chi connectivity index (χ0n) is 14.2. The van der Waals surface area contributed by atoms with E-state index in [2.05, 4.69) is 25.4 Å². The molecular weight excluding hydrogens is 330 g/mol. The Kier molecular flexibility index (Phi) is 4.53. The lowest BCUT2D eigenvalue weighted by Crippen LogP contribution is -2.12. The first kappa shape index (κ1) is 16.2. The fourth-order valence-electron chi connectivity index (χ4n) is 2.56. The lowest BCUT2D eigenvalue weighted by molar-refractivity contribution is 0.363. The summed E-state index contributed by atoms with van der Waals surface area (Å²) in [7, 11) is 0. The van der Waals surface area contributed by atoms with Crippen molar-refractivity contribution in [3.8, 4) is 22.6 Å². The second-order valence-corrected chi connectivity index (χ2v) is 5.76. The van der Waals surface area contributed by atoms with Gasteiger partial charge < -0.3 is 14.3 Å². The molecule has 0 fully saturated rings. The Hall–Kier alpha value is -3.32. The van der Waals surface area contributed by atoms with E-state index in [9.17, 15) is 0 Å². The summed E-state index contributed by atoms with van der Waals surface area (Å²) < 4.78 is 10.6. The average Bonchev–Trinajstić information content (AvgIpc) is 3.34. The molecular formula is C19H17N5O2. The summed E-state index contributed by atoms with van der Waals surface area (Å²) >= 11 is 0. The van der Waals surface area contributed by atoms with Gasteiger partial charge in [0.25, 0.3) is 0 Å². The van der Waals surface area contributed by atoms with E-state index < -0.39 is 0 Å². The molecule has 0 spiro atoms. The number of hydrogen-bond donors (Lipinski definition) is 1. The van der Waals surface area contributed by atoms with Crippen LogP contribution in [-0.4, -0.2) is 20.1 Å². The summed E-state index contributed by atoms with van der Waals surface area (Å²) in [6.07, 6.45) is 3.40. The van der Waals surface area contributed by atoms with E-state index in [4.69, 9.17) is 8.94 Å². The Morgan fingerprint density at radius 1 is 0.962 bits per heavy atom. The molecule has 130 valence electrons. The van der Waals surface area contributed by atoms with Crippen LogP contribution < -0.4 is 5.32 Å². The Labute approximate surface area is 150 Å². The molecule has 3 aromatic heterocycles. The van der Waals surface area contributed by atoms with E-state index in [0.717, 1.165) is 28.4 Å². The third-order valence-corrected chi connectivity index (χ3v) is 3.84. The predicted octanol–water partition coefficient (Wildman–Crippen LogP) is 3.38. The monoisotopic (exact) mass is 347 g/mol. The Morgan fingerprint density at radius 2 is 1.81 bits per heavy atom. The molecule has 4 rings (SSSR count). The highest BCUT2D eigenvalue weighted by Crippen LogP contribution is 2.22. The van der Waals surface area contributed by atoms with E-state index in [-0.39, 0.29) is 0 Å². The lowest BCUT2D eigenvalue weighted by atomic mass is 10.1. The standard InChI is InChI=1S/C19H17N5O2/c1-13-21-9-8-17(22-13)14-4-6-15(7-5-14)19-23-18(26-24-19)12-20-11-16-3-2-10-25-16/h2-10,20H,11-12H2,1H3. The number of aryl methyl sites for hydroxylation is 1. The van der Waals surface area contributed by atoms with Gasteiger partial charge in [0, 0.05) is 17.3 Å². The van der Waals surface area contributed by atoms with Gasteiger partial charge in [0.05, 0.1) is 25.0 Å². The number of benzene rings is 1. The molecule has 0 amide bonds. The smallest absolute Gasteiger partial charge is 0.240 e. The fourth-order valence-corrected chi connectivity index (χ4v) is 2.56. The number of hydrogen-bond acceptors (Lipinski definition) is 7. The number of rotatable bonds is 6. The molecule has 0 bridgehead atoms. The van der Waals surface area contributed by atoms with Crippen LogP contribution in [0.1, 0.15) is 17.5 Å². The van der Waals surface area contributed by atoms with Gasteiger partial charge in [-0.3, -0.25) is 0 Å². The highest BCUT2D eigenvalue weighted by Gasteiger charge is 2.09. The molecule has 3 heterocycles. The van der Waals surface area contributed by atoms with E-state index >= 15 is 0 Å². The van der Waals surface area contributed by atoms with Crippen LogP contribution >= 0.6 is 0 Å². The predicted molar refractivity (Wildman–Crippen MR) is 94.7 cm³/mol. The van der Waals surface area contributed by atoms with Crippen LogP contribution in [0.2, 0.25) is 0 Å². The molecule has 7 heteroatoms. The summed E-state index contributed by atoms with van der Waals surface area (Å²) in [5.74, 6) is 2.70. The number of nitrogens with zero attached hydrogens (tertiary/aromatic N) is 4. The van der Waals surface area contributed by atoms with Crippen molar-refractivity contribution in [2.24, 2.45) is 0 Å². The van der Waals surface area contributed by atoms with Gasteiger partial charge in [0.1, 0.15) is 11.6 Å². The minimum Gasteiger partial charge on any atom is -0.468 e. The molecule has 0 aliphatic carbocycles. The molecule has 4 aromatic rings. The molecule has 7 nitrogen and oxygen atoms in total. The minimum atomic E-state index is 0.478. The number of nitrogens with one attached hydrogen (secondary N) is 1. The number of furan rings is 1. The van der Waals surface area contributed by atoms with Crippen LogP contribution in [0.15, 0.2) is 63.9 Å². The van der Waals surface area contributed by atoms with Crippen molar-refractivity contribution in [2.45, 2.75) is 20.0 Å². The van der Waals surface area contributed by atoms with Gasteiger partial charge in [-0.25, -0.2) is 9.97 Å². The molecule has 0 saturated carbocycles. The maximum absolute atomic E-state index is 5.29. The first-order chi connectivity index (χ1) is 12.8. The SMILES string of the molecule is Cc1nccc(-c2ccc(-c3noc(CNCc4ccco4)n3)cc2)n1. The molecule has 1 aromatic carbocycles. The molecule has 0 aliphatic heterocycles. The van der Waals surface area contributed by atoms with Crippen LogP contribution in [0.25, 0.3) is 22.6 Å². The molecule has 1 N–H and O–H groups in total. The van der Waals surface area contributed by atoms with Crippen LogP contribution in [0.5, 0.6) is 0 Å². The van der Waals surface area contributed by atoms with E-state index in [1.54, 1.807) is 12.5 Å². The largest absolute Gasteiger partial charge is 0.468 e. The molecule has 26 heavy (non-hydrogen) atoms. The Bertz CT molecular complexity index is 977. The van der Waals surface area contributed by atoms with Gasteiger partial charge in [-0.05, 0) is 25.1 Å². The first-order valence-corrected chi connectivity index (χ1v) is 8.24. The van der Waals surface area contributed by atoms with E-state index in [1.165, 1.54) is 0 Å². The van der Waals surface area contributed by atoms with E-state index in [1.807, 2.05) is 49.4 Å². The zero-order chi connectivity index (χ0) is 17.8. The van der Waals surface area contributed by atoms with Crippen molar-refractivity contribution in [1.82, 2.24) is 25.4 Å². The molecule has 0 aliphatic rings. The van der Waals surface area contributed by atoms with Crippen molar-refractivity contribution in [3.05, 3.63) is 72.4 Å².